The highest BCUT2D eigenvalue weighted by molar-refractivity contribution is 7.10. The fourth-order valence-corrected chi connectivity index (χ4v) is 2.61. The average molecular weight is 211 g/mol. The standard InChI is InChI=1S/C12H21NS/c1-3-4-5-6-12-11(7-8-14-12)9-10(2)13/h7-8,10H,3-6,9,13H2,1-2H3. The molecule has 0 fully saturated rings. The van der Waals surface area contributed by atoms with Crippen LogP contribution in [0.25, 0.3) is 0 Å². The highest BCUT2D eigenvalue weighted by atomic mass is 32.1. The Kier molecular flexibility index (Phi) is 5.20. The van der Waals surface area contributed by atoms with Crippen molar-refractivity contribution in [1.29, 1.82) is 0 Å². The van der Waals surface area contributed by atoms with Gasteiger partial charge < -0.3 is 5.73 Å². The molecule has 0 saturated heterocycles. The number of hydrogen-bond acceptors (Lipinski definition) is 2. The normalized spacial score (nSPS) is 13.1. The zero-order valence-electron chi connectivity index (χ0n) is 9.25. The third-order valence-corrected chi connectivity index (χ3v) is 3.41. The molecule has 1 aromatic heterocycles. The Labute approximate surface area is 91.3 Å². The first kappa shape index (κ1) is 11.7. The Bertz CT molecular complexity index is 253. The summed E-state index contributed by atoms with van der Waals surface area (Å²) in [6.07, 6.45) is 6.24. The van der Waals surface area contributed by atoms with Gasteiger partial charge in [-0.3, -0.25) is 0 Å². The minimum atomic E-state index is 0.287. The molecule has 80 valence electrons. The van der Waals surface area contributed by atoms with Crippen LogP contribution in [-0.4, -0.2) is 6.04 Å². The smallest absolute Gasteiger partial charge is 0.00778 e. The molecular weight excluding hydrogens is 190 g/mol. The predicted octanol–water partition coefficient (Wildman–Crippen LogP) is 3.37. The van der Waals surface area contributed by atoms with E-state index in [1.165, 1.54) is 31.2 Å². The van der Waals surface area contributed by atoms with Gasteiger partial charge in [0.25, 0.3) is 0 Å². The zero-order valence-corrected chi connectivity index (χ0v) is 10.1. The highest BCUT2D eigenvalue weighted by Crippen LogP contribution is 2.20. The van der Waals surface area contributed by atoms with Crippen molar-refractivity contribution in [2.75, 3.05) is 0 Å². The molecule has 2 N–H and O–H groups in total. The Balaban J connectivity index is 2.45. The van der Waals surface area contributed by atoms with Crippen molar-refractivity contribution in [2.45, 2.75) is 52.0 Å². The second-order valence-electron chi connectivity index (χ2n) is 4.01. The SMILES string of the molecule is CCCCCc1sccc1CC(C)N. The monoisotopic (exact) mass is 211 g/mol. The van der Waals surface area contributed by atoms with Gasteiger partial charge in [0.1, 0.15) is 0 Å². The molecule has 0 aliphatic carbocycles. The van der Waals surface area contributed by atoms with Gasteiger partial charge in [0.2, 0.25) is 0 Å². The summed E-state index contributed by atoms with van der Waals surface area (Å²) < 4.78 is 0. The van der Waals surface area contributed by atoms with E-state index in [1.807, 2.05) is 11.3 Å². The van der Waals surface area contributed by atoms with Gasteiger partial charge in [-0.2, -0.15) is 0 Å². The Morgan fingerprint density at radius 2 is 2.21 bits per heavy atom. The van der Waals surface area contributed by atoms with Crippen LogP contribution in [0.15, 0.2) is 11.4 Å². The van der Waals surface area contributed by atoms with E-state index in [0.29, 0.717) is 0 Å². The average Bonchev–Trinajstić information content (AvgIpc) is 2.52. The maximum Gasteiger partial charge on any atom is 0.00778 e. The lowest BCUT2D eigenvalue weighted by Crippen LogP contribution is -2.18. The minimum absolute atomic E-state index is 0.287. The summed E-state index contributed by atoms with van der Waals surface area (Å²) >= 11 is 1.89. The van der Waals surface area contributed by atoms with Gasteiger partial charge in [0, 0.05) is 10.9 Å². The molecule has 0 amide bonds. The molecule has 1 rings (SSSR count). The van der Waals surface area contributed by atoms with Crippen molar-refractivity contribution in [3.63, 3.8) is 0 Å². The topological polar surface area (TPSA) is 26.0 Å². The molecule has 0 bridgehead atoms. The fourth-order valence-electron chi connectivity index (χ4n) is 1.65. The summed E-state index contributed by atoms with van der Waals surface area (Å²) in [6, 6.07) is 2.52. The Morgan fingerprint density at radius 3 is 2.86 bits per heavy atom. The molecule has 1 nitrogen and oxygen atoms in total. The van der Waals surface area contributed by atoms with Gasteiger partial charge >= 0.3 is 0 Å². The molecule has 14 heavy (non-hydrogen) atoms. The molecule has 2 heteroatoms. The minimum Gasteiger partial charge on any atom is -0.328 e. The van der Waals surface area contributed by atoms with Crippen molar-refractivity contribution in [1.82, 2.24) is 0 Å². The summed E-state index contributed by atoms with van der Waals surface area (Å²) in [5.74, 6) is 0. The first-order valence-corrected chi connectivity index (χ1v) is 6.42. The van der Waals surface area contributed by atoms with E-state index in [0.717, 1.165) is 6.42 Å². The number of hydrogen-bond donors (Lipinski definition) is 1. The van der Waals surface area contributed by atoms with E-state index >= 15 is 0 Å². The van der Waals surface area contributed by atoms with Crippen LogP contribution < -0.4 is 5.73 Å². The van der Waals surface area contributed by atoms with Gasteiger partial charge in [-0.15, -0.1) is 11.3 Å². The Morgan fingerprint density at radius 1 is 1.43 bits per heavy atom. The lowest BCUT2D eigenvalue weighted by Gasteiger charge is -2.06. The third-order valence-electron chi connectivity index (χ3n) is 2.39. The van der Waals surface area contributed by atoms with Crippen molar-refractivity contribution in [3.05, 3.63) is 21.9 Å². The fraction of sp³-hybridized carbons (Fsp3) is 0.667. The molecular formula is C12H21NS. The molecule has 0 saturated carbocycles. The number of rotatable bonds is 6. The molecule has 0 spiro atoms. The van der Waals surface area contributed by atoms with Crippen LogP contribution >= 0.6 is 11.3 Å². The molecule has 0 aliphatic heterocycles. The van der Waals surface area contributed by atoms with Crippen LogP contribution in [0.1, 0.15) is 43.6 Å². The highest BCUT2D eigenvalue weighted by Gasteiger charge is 2.05. The maximum absolute atomic E-state index is 5.81. The second kappa shape index (κ2) is 6.20. The molecule has 1 atom stereocenters. The molecule has 0 aliphatic rings. The van der Waals surface area contributed by atoms with Crippen LogP contribution in [0.4, 0.5) is 0 Å². The number of unbranched alkanes of at least 4 members (excludes halogenated alkanes) is 2. The largest absolute Gasteiger partial charge is 0.328 e. The van der Waals surface area contributed by atoms with Crippen LogP contribution in [0, 0.1) is 0 Å². The lowest BCUT2D eigenvalue weighted by atomic mass is 10.1. The first-order valence-electron chi connectivity index (χ1n) is 5.54. The third kappa shape index (κ3) is 3.81. The molecule has 0 aromatic carbocycles. The van der Waals surface area contributed by atoms with Gasteiger partial charge in [0.05, 0.1) is 0 Å². The second-order valence-corrected chi connectivity index (χ2v) is 5.01. The number of thiophene rings is 1. The summed E-state index contributed by atoms with van der Waals surface area (Å²) in [7, 11) is 0. The molecule has 1 heterocycles. The van der Waals surface area contributed by atoms with E-state index in [2.05, 4.69) is 25.3 Å². The molecule has 0 radical (unpaired) electrons. The number of nitrogens with two attached hydrogens (primary N) is 1. The predicted molar refractivity (Wildman–Crippen MR) is 64.9 cm³/mol. The maximum atomic E-state index is 5.81. The zero-order chi connectivity index (χ0) is 10.4. The summed E-state index contributed by atoms with van der Waals surface area (Å²) in [5.41, 5.74) is 7.29. The molecule has 1 aromatic rings. The van der Waals surface area contributed by atoms with Crippen molar-refractivity contribution in [2.24, 2.45) is 5.73 Å². The summed E-state index contributed by atoms with van der Waals surface area (Å²) in [6.45, 7) is 4.32. The van der Waals surface area contributed by atoms with Crippen molar-refractivity contribution in [3.8, 4) is 0 Å². The van der Waals surface area contributed by atoms with Gasteiger partial charge in [-0.25, -0.2) is 0 Å². The summed E-state index contributed by atoms with van der Waals surface area (Å²) in [4.78, 5) is 1.55. The first-order chi connectivity index (χ1) is 6.74. The van der Waals surface area contributed by atoms with Gasteiger partial charge in [-0.05, 0) is 43.2 Å². The van der Waals surface area contributed by atoms with E-state index in [-0.39, 0.29) is 6.04 Å². The van der Waals surface area contributed by atoms with Crippen molar-refractivity contribution >= 4 is 11.3 Å². The van der Waals surface area contributed by atoms with E-state index in [4.69, 9.17) is 5.73 Å². The van der Waals surface area contributed by atoms with Crippen molar-refractivity contribution < 1.29 is 0 Å². The quantitative estimate of drug-likeness (QED) is 0.717. The van der Waals surface area contributed by atoms with Crippen LogP contribution in [0.2, 0.25) is 0 Å². The van der Waals surface area contributed by atoms with E-state index < -0.39 is 0 Å². The van der Waals surface area contributed by atoms with E-state index in [9.17, 15) is 0 Å². The van der Waals surface area contributed by atoms with Crippen LogP contribution in [0.5, 0.6) is 0 Å². The lowest BCUT2D eigenvalue weighted by molar-refractivity contribution is 0.704. The Hall–Kier alpha value is -0.340. The van der Waals surface area contributed by atoms with E-state index in [1.54, 1.807) is 4.88 Å². The molecule has 1 unspecified atom stereocenters. The van der Waals surface area contributed by atoms with Crippen LogP contribution in [0.3, 0.4) is 0 Å². The van der Waals surface area contributed by atoms with Gasteiger partial charge in [0.15, 0.2) is 0 Å². The van der Waals surface area contributed by atoms with Gasteiger partial charge in [-0.1, -0.05) is 19.8 Å². The summed E-state index contributed by atoms with van der Waals surface area (Å²) in [5, 5.41) is 2.19. The number of aryl methyl sites for hydroxylation is 1. The van der Waals surface area contributed by atoms with Crippen LogP contribution in [-0.2, 0) is 12.8 Å².